The van der Waals surface area contributed by atoms with Gasteiger partial charge in [0.05, 0.1) is 10.6 Å². The summed E-state index contributed by atoms with van der Waals surface area (Å²) < 4.78 is 41.8. The fourth-order valence-corrected chi connectivity index (χ4v) is 7.15. The van der Waals surface area contributed by atoms with E-state index < -0.39 is 34.1 Å². The van der Waals surface area contributed by atoms with Gasteiger partial charge in [0.1, 0.15) is 25.8 Å². The summed E-state index contributed by atoms with van der Waals surface area (Å²) in [4.78, 5) is 30.2. The molecule has 11 heteroatoms. The number of sulfonamides is 1. The molecular weight excluding hydrogens is 682 g/mol. The van der Waals surface area contributed by atoms with Gasteiger partial charge < -0.3 is 19.7 Å². The average Bonchev–Trinajstić information content (AvgIpc) is 3.05. The Morgan fingerprint density at radius 3 is 2.13 bits per heavy atom. The van der Waals surface area contributed by atoms with E-state index in [2.05, 4.69) is 21.2 Å². The minimum absolute atomic E-state index is 0.0209. The van der Waals surface area contributed by atoms with Crippen molar-refractivity contribution in [3.8, 4) is 11.5 Å². The van der Waals surface area contributed by atoms with Crippen LogP contribution < -0.4 is 19.1 Å². The van der Waals surface area contributed by atoms with Crippen molar-refractivity contribution in [1.29, 1.82) is 0 Å². The zero-order chi connectivity index (χ0) is 33.6. The molecule has 5 rings (SSSR count). The van der Waals surface area contributed by atoms with E-state index in [-0.39, 0.29) is 29.5 Å². The molecule has 0 aromatic heterocycles. The predicted octanol–water partition coefficient (Wildman–Crippen LogP) is 5.97. The zero-order valence-corrected chi connectivity index (χ0v) is 29.0. The molecule has 0 unspecified atom stereocenters. The second kappa shape index (κ2) is 14.6. The molecule has 0 aliphatic carbocycles. The predicted molar refractivity (Wildman–Crippen MR) is 185 cm³/mol. The van der Waals surface area contributed by atoms with E-state index in [1.165, 1.54) is 17.0 Å². The number of fused-ring (bicyclic) bond motifs is 1. The van der Waals surface area contributed by atoms with Gasteiger partial charge in [0, 0.05) is 29.0 Å². The van der Waals surface area contributed by atoms with Crippen molar-refractivity contribution in [2.75, 3.05) is 24.1 Å². The van der Waals surface area contributed by atoms with E-state index in [0.29, 0.717) is 24.7 Å². The first kappa shape index (κ1) is 34.0. The van der Waals surface area contributed by atoms with E-state index in [4.69, 9.17) is 9.47 Å². The Hall–Kier alpha value is -4.35. The lowest BCUT2D eigenvalue weighted by molar-refractivity contribution is -0.140. The van der Waals surface area contributed by atoms with Gasteiger partial charge in [0.25, 0.3) is 10.0 Å². The van der Waals surface area contributed by atoms with Crippen LogP contribution in [0.4, 0.5) is 5.69 Å². The SMILES string of the molecule is CC(C)(C)NC(=O)[C@@H](Cc1ccccc1)N(Cc1cccc(Br)c1)C(=O)CN(c1ccc2c(c1)OCCO2)S(=O)(=O)c1ccccc1. The minimum Gasteiger partial charge on any atom is -0.486 e. The number of hydrogen-bond acceptors (Lipinski definition) is 6. The van der Waals surface area contributed by atoms with Crippen LogP contribution in [0, 0.1) is 0 Å². The smallest absolute Gasteiger partial charge is 0.264 e. The Kier molecular flexibility index (Phi) is 10.6. The Bertz CT molecular complexity index is 1810. The lowest BCUT2D eigenvalue weighted by Crippen LogP contribution is -2.56. The van der Waals surface area contributed by atoms with E-state index in [1.807, 2.05) is 75.4 Å². The number of rotatable bonds is 11. The largest absolute Gasteiger partial charge is 0.486 e. The number of benzene rings is 4. The quantitative estimate of drug-likeness (QED) is 0.205. The molecule has 0 bridgehead atoms. The maximum absolute atomic E-state index is 14.7. The number of nitrogens with one attached hydrogen (secondary N) is 1. The van der Waals surface area contributed by atoms with Gasteiger partial charge in [-0.2, -0.15) is 0 Å². The summed E-state index contributed by atoms with van der Waals surface area (Å²) in [6.07, 6.45) is 0.220. The monoisotopic (exact) mass is 719 g/mol. The third-order valence-electron chi connectivity index (χ3n) is 7.44. The fraction of sp³-hybridized carbons (Fsp3) is 0.278. The molecule has 1 aliphatic rings. The molecule has 2 amide bonds. The molecule has 0 radical (unpaired) electrons. The summed E-state index contributed by atoms with van der Waals surface area (Å²) in [7, 11) is -4.24. The third-order valence-corrected chi connectivity index (χ3v) is 9.72. The highest BCUT2D eigenvalue weighted by atomic mass is 79.9. The summed E-state index contributed by atoms with van der Waals surface area (Å²) in [6, 6.07) is 28.7. The Morgan fingerprint density at radius 2 is 1.47 bits per heavy atom. The second-order valence-corrected chi connectivity index (χ2v) is 15.0. The van der Waals surface area contributed by atoms with Gasteiger partial charge in [-0.1, -0.05) is 76.6 Å². The van der Waals surface area contributed by atoms with Gasteiger partial charge in [-0.3, -0.25) is 13.9 Å². The summed E-state index contributed by atoms with van der Waals surface area (Å²) >= 11 is 3.51. The molecule has 1 atom stereocenters. The molecule has 4 aromatic carbocycles. The van der Waals surface area contributed by atoms with Crippen molar-refractivity contribution in [1.82, 2.24) is 10.2 Å². The first-order valence-corrected chi connectivity index (χ1v) is 17.5. The number of nitrogens with zero attached hydrogens (tertiary/aromatic N) is 2. The number of amides is 2. The zero-order valence-electron chi connectivity index (χ0n) is 26.6. The lowest BCUT2D eigenvalue weighted by Gasteiger charge is -2.35. The van der Waals surface area contributed by atoms with E-state index >= 15 is 0 Å². The molecule has 1 N–H and O–H groups in total. The van der Waals surface area contributed by atoms with Crippen molar-refractivity contribution in [3.63, 3.8) is 0 Å². The van der Waals surface area contributed by atoms with Crippen LogP contribution in [0.15, 0.2) is 112 Å². The van der Waals surface area contributed by atoms with Gasteiger partial charge in [0.15, 0.2) is 11.5 Å². The van der Waals surface area contributed by atoms with Gasteiger partial charge >= 0.3 is 0 Å². The van der Waals surface area contributed by atoms with Crippen LogP contribution in [-0.2, 0) is 32.6 Å². The van der Waals surface area contributed by atoms with Crippen LogP contribution in [0.1, 0.15) is 31.9 Å². The Labute approximate surface area is 284 Å². The molecule has 0 fully saturated rings. The van der Waals surface area contributed by atoms with Gasteiger partial charge in [0.2, 0.25) is 11.8 Å². The molecule has 0 saturated carbocycles. The number of hydrogen-bond donors (Lipinski definition) is 1. The summed E-state index contributed by atoms with van der Waals surface area (Å²) in [6.45, 7) is 5.81. The standard InChI is InChI=1S/C36H38BrN3O6S/c1-36(2,3)38-35(42)31(22-26-11-6-4-7-12-26)39(24-27-13-10-14-28(37)21-27)34(41)25-40(47(43,44)30-15-8-5-9-16-30)29-17-18-32-33(23-29)46-20-19-45-32/h4-18,21,23,31H,19-20,22,24-25H2,1-3H3,(H,38,42)/t31-/m1/s1. The second-order valence-electron chi connectivity index (χ2n) is 12.2. The van der Waals surface area contributed by atoms with Crippen LogP contribution in [-0.4, -0.2) is 56.5 Å². The highest BCUT2D eigenvalue weighted by Crippen LogP contribution is 2.36. The van der Waals surface area contributed by atoms with Crippen molar-refractivity contribution < 1.29 is 27.5 Å². The topological polar surface area (TPSA) is 105 Å². The van der Waals surface area contributed by atoms with Crippen LogP contribution in [0.25, 0.3) is 0 Å². The fourth-order valence-electron chi connectivity index (χ4n) is 5.27. The number of anilines is 1. The first-order valence-electron chi connectivity index (χ1n) is 15.3. The maximum atomic E-state index is 14.7. The molecular formula is C36H38BrN3O6S. The van der Waals surface area contributed by atoms with Gasteiger partial charge in [-0.15, -0.1) is 0 Å². The molecule has 9 nitrogen and oxygen atoms in total. The van der Waals surface area contributed by atoms with Crippen molar-refractivity contribution in [2.45, 2.75) is 50.2 Å². The summed E-state index contributed by atoms with van der Waals surface area (Å²) in [5, 5.41) is 3.04. The number of ether oxygens (including phenoxy) is 2. The molecule has 246 valence electrons. The van der Waals surface area contributed by atoms with Crippen LogP contribution in [0.5, 0.6) is 11.5 Å². The van der Waals surface area contributed by atoms with Crippen molar-refractivity contribution in [3.05, 3.63) is 119 Å². The normalized spacial score (nSPS) is 13.4. The van der Waals surface area contributed by atoms with Crippen LogP contribution in [0.2, 0.25) is 0 Å². The minimum atomic E-state index is -4.24. The highest BCUT2D eigenvalue weighted by molar-refractivity contribution is 9.10. The van der Waals surface area contributed by atoms with Crippen LogP contribution in [0.3, 0.4) is 0 Å². The number of halogens is 1. The van der Waals surface area contributed by atoms with Crippen molar-refractivity contribution in [2.24, 2.45) is 0 Å². The Balaban J connectivity index is 1.60. The highest BCUT2D eigenvalue weighted by Gasteiger charge is 2.36. The van der Waals surface area contributed by atoms with E-state index in [1.54, 1.807) is 36.4 Å². The summed E-state index contributed by atoms with van der Waals surface area (Å²) in [5.74, 6) is -0.0285. The molecule has 4 aromatic rings. The maximum Gasteiger partial charge on any atom is 0.264 e. The molecule has 0 spiro atoms. The third kappa shape index (κ3) is 8.72. The van der Waals surface area contributed by atoms with Crippen LogP contribution >= 0.6 is 15.9 Å². The molecule has 1 aliphatic heterocycles. The summed E-state index contributed by atoms with van der Waals surface area (Å²) in [5.41, 5.74) is 1.28. The Morgan fingerprint density at radius 1 is 0.830 bits per heavy atom. The molecule has 1 heterocycles. The van der Waals surface area contributed by atoms with Crippen molar-refractivity contribution >= 4 is 43.5 Å². The molecule has 47 heavy (non-hydrogen) atoms. The van der Waals surface area contributed by atoms with Gasteiger partial charge in [-0.25, -0.2) is 8.42 Å². The van der Waals surface area contributed by atoms with E-state index in [9.17, 15) is 18.0 Å². The van der Waals surface area contributed by atoms with Gasteiger partial charge in [-0.05, 0) is 68.3 Å². The number of carbonyl (C=O) groups is 2. The molecule has 0 saturated heterocycles. The van der Waals surface area contributed by atoms with E-state index in [0.717, 1.165) is 19.9 Å². The lowest BCUT2D eigenvalue weighted by atomic mass is 10.0. The number of carbonyl (C=O) groups excluding carboxylic acids is 2. The first-order chi connectivity index (χ1) is 22.4. The average molecular weight is 721 g/mol.